The number of anilines is 1. The highest BCUT2D eigenvalue weighted by Gasteiger charge is 2.29. The maximum Gasteiger partial charge on any atom is 0.407 e. The summed E-state index contributed by atoms with van der Waals surface area (Å²) in [5.74, 6) is -1.38. The van der Waals surface area contributed by atoms with E-state index in [1.54, 1.807) is 6.92 Å². The Hall–Kier alpha value is -3.72. The van der Waals surface area contributed by atoms with E-state index in [9.17, 15) is 19.5 Å². The van der Waals surface area contributed by atoms with Crippen molar-refractivity contribution < 1.29 is 24.2 Å². The summed E-state index contributed by atoms with van der Waals surface area (Å²) in [6.07, 6.45) is 0.0119. The molecule has 2 amide bonds. The van der Waals surface area contributed by atoms with Gasteiger partial charge in [0, 0.05) is 25.9 Å². The van der Waals surface area contributed by atoms with Crippen LogP contribution >= 0.6 is 11.5 Å². The van der Waals surface area contributed by atoms with E-state index in [1.807, 2.05) is 24.3 Å². The van der Waals surface area contributed by atoms with Crippen LogP contribution in [0.5, 0.6) is 0 Å². The molecular formula is C25H25N3O5S. The first-order valence-electron chi connectivity index (χ1n) is 10.9. The molecule has 176 valence electrons. The van der Waals surface area contributed by atoms with Crippen LogP contribution in [0.25, 0.3) is 11.1 Å². The number of amides is 2. The van der Waals surface area contributed by atoms with Crippen LogP contribution in [0.4, 0.5) is 9.80 Å². The molecule has 0 bridgehead atoms. The smallest absolute Gasteiger partial charge is 0.407 e. The summed E-state index contributed by atoms with van der Waals surface area (Å²) in [6.45, 7) is 2.09. The van der Waals surface area contributed by atoms with Gasteiger partial charge in [0.25, 0.3) is 0 Å². The Balaban J connectivity index is 1.25. The molecule has 4 rings (SSSR count). The zero-order valence-electron chi connectivity index (χ0n) is 18.9. The fraction of sp³-hybridized carbons (Fsp3) is 0.280. The number of carboxylic acids is 1. The van der Waals surface area contributed by atoms with E-state index in [-0.39, 0.29) is 37.0 Å². The fourth-order valence-electron chi connectivity index (χ4n) is 4.19. The molecule has 34 heavy (non-hydrogen) atoms. The number of fused-ring (bicyclic) bond motifs is 3. The normalized spacial score (nSPS) is 12.1. The average molecular weight is 480 g/mol. The summed E-state index contributed by atoms with van der Waals surface area (Å²) in [6, 6.07) is 16.3. The number of aryl methyl sites for hydroxylation is 1. The molecule has 0 saturated heterocycles. The maximum absolute atomic E-state index is 12.5. The van der Waals surface area contributed by atoms with Crippen LogP contribution < -0.4 is 10.2 Å². The molecule has 3 aromatic rings. The molecule has 0 spiro atoms. The maximum atomic E-state index is 12.5. The lowest BCUT2D eigenvalue weighted by molar-refractivity contribution is -0.118. The summed E-state index contributed by atoms with van der Waals surface area (Å²) in [5, 5.41) is 12.3. The zero-order chi connectivity index (χ0) is 24.2. The Morgan fingerprint density at radius 3 is 2.32 bits per heavy atom. The van der Waals surface area contributed by atoms with Crippen molar-refractivity contribution >= 4 is 34.5 Å². The highest BCUT2D eigenvalue weighted by molar-refractivity contribution is 7.11. The minimum atomic E-state index is -1.11. The minimum absolute atomic E-state index is 0.0142. The summed E-state index contributed by atoms with van der Waals surface area (Å²) < 4.78 is 9.53. The fourth-order valence-corrected chi connectivity index (χ4v) is 5.06. The van der Waals surface area contributed by atoms with Crippen LogP contribution in [0.15, 0.2) is 48.5 Å². The quantitative estimate of drug-likeness (QED) is 0.463. The van der Waals surface area contributed by atoms with Crippen LogP contribution in [-0.4, -0.2) is 47.6 Å². The molecule has 1 aromatic heterocycles. The molecule has 1 aliphatic carbocycles. The topological polar surface area (TPSA) is 109 Å². The molecular weight excluding hydrogens is 454 g/mol. The third kappa shape index (κ3) is 4.65. The molecule has 2 aromatic carbocycles. The van der Waals surface area contributed by atoms with Gasteiger partial charge in [-0.15, -0.1) is 0 Å². The number of nitrogens with one attached hydrogen (secondary N) is 1. The van der Waals surface area contributed by atoms with Crippen molar-refractivity contribution in [2.24, 2.45) is 0 Å². The van der Waals surface area contributed by atoms with Crippen LogP contribution in [-0.2, 0) is 9.53 Å². The van der Waals surface area contributed by atoms with E-state index in [4.69, 9.17) is 4.74 Å². The number of carbonyl (C=O) groups is 3. The lowest BCUT2D eigenvalue weighted by Gasteiger charge is -2.16. The number of benzene rings is 2. The lowest BCUT2D eigenvalue weighted by atomic mass is 9.98. The van der Waals surface area contributed by atoms with Crippen LogP contribution in [0.2, 0.25) is 0 Å². The average Bonchev–Trinajstić information content (AvgIpc) is 3.38. The van der Waals surface area contributed by atoms with Gasteiger partial charge in [-0.25, -0.2) is 9.59 Å². The highest BCUT2D eigenvalue weighted by atomic mass is 32.1. The Morgan fingerprint density at radius 2 is 1.71 bits per heavy atom. The Labute approximate surface area is 201 Å². The number of aromatic nitrogens is 1. The third-order valence-electron chi connectivity index (χ3n) is 5.92. The zero-order valence-corrected chi connectivity index (χ0v) is 19.7. The van der Waals surface area contributed by atoms with Gasteiger partial charge in [0.2, 0.25) is 5.91 Å². The van der Waals surface area contributed by atoms with Crippen LogP contribution in [0.1, 0.15) is 45.9 Å². The molecule has 2 N–H and O–H groups in total. The summed E-state index contributed by atoms with van der Waals surface area (Å²) in [4.78, 5) is 37.5. The number of aromatic carboxylic acids is 1. The lowest BCUT2D eigenvalue weighted by Crippen LogP contribution is -2.30. The summed E-state index contributed by atoms with van der Waals surface area (Å²) in [5.41, 5.74) is 5.03. The minimum Gasteiger partial charge on any atom is -0.478 e. The van der Waals surface area contributed by atoms with E-state index < -0.39 is 12.1 Å². The van der Waals surface area contributed by atoms with Gasteiger partial charge < -0.3 is 20.1 Å². The molecule has 1 aliphatic rings. The number of nitrogens with zero attached hydrogens (tertiary/aromatic N) is 2. The van der Waals surface area contributed by atoms with Crippen molar-refractivity contribution in [2.45, 2.75) is 25.7 Å². The van der Waals surface area contributed by atoms with Gasteiger partial charge in [0.05, 0.1) is 5.69 Å². The number of hydrogen-bond donors (Lipinski definition) is 2. The Bertz CT molecular complexity index is 1190. The first kappa shape index (κ1) is 23.4. The molecule has 0 saturated carbocycles. The molecule has 0 aliphatic heterocycles. The second-order valence-electron chi connectivity index (χ2n) is 8.06. The monoisotopic (exact) mass is 479 g/mol. The van der Waals surface area contributed by atoms with Crippen molar-refractivity contribution in [3.8, 4) is 11.1 Å². The van der Waals surface area contributed by atoms with E-state index in [0.29, 0.717) is 17.1 Å². The molecule has 1 heterocycles. The SMILES string of the molecule is Cc1nsc(N(C)C(=O)CCCNC(=O)OCC2c3ccccc3-c3ccccc32)c1C(=O)O. The van der Waals surface area contributed by atoms with Crippen molar-refractivity contribution in [1.29, 1.82) is 0 Å². The predicted octanol–water partition coefficient (Wildman–Crippen LogP) is 4.43. The van der Waals surface area contributed by atoms with Gasteiger partial charge in [0.1, 0.15) is 17.2 Å². The van der Waals surface area contributed by atoms with E-state index in [2.05, 4.69) is 34.0 Å². The van der Waals surface area contributed by atoms with E-state index in [0.717, 1.165) is 33.8 Å². The van der Waals surface area contributed by atoms with Gasteiger partial charge in [-0.1, -0.05) is 48.5 Å². The molecule has 0 unspecified atom stereocenters. The second kappa shape index (κ2) is 10.0. The largest absolute Gasteiger partial charge is 0.478 e. The first-order valence-corrected chi connectivity index (χ1v) is 11.7. The van der Waals surface area contributed by atoms with Gasteiger partial charge in [-0.2, -0.15) is 4.37 Å². The van der Waals surface area contributed by atoms with Crippen LogP contribution in [0, 0.1) is 6.92 Å². The standard InChI is InChI=1S/C25H25N3O5S/c1-15-22(24(30)31)23(34-27-15)28(2)21(29)12-7-13-26-25(32)33-14-20-18-10-5-3-8-16(18)17-9-4-6-11-19(17)20/h3-6,8-11,20H,7,12-14H2,1-2H3,(H,26,32)(H,30,31). The predicted molar refractivity (Wildman–Crippen MR) is 130 cm³/mol. The summed E-state index contributed by atoms with van der Waals surface area (Å²) >= 11 is 0.978. The molecule has 0 atom stereocenters. The van der Waals surface area contributed by atoms with Gasteiger partial charge in [0.15, 0.2) is 0 Å². The van der Waals surface area contributed by atoms with Gasteiger partial charge in [-0.05, 0) is 47.1 Å². The van der Waals surface area contributed by atoms with Crippen LogP contribution in [0.3, 0.4) is 0 Å². The van der Waals surface area contributed by atoms with Gasteiger partial charge >= 0.3 is 12.1 Å². The number of ether oxygens (including phenoxy) is 1. The van der Waals surface area contributed by atoms with E-state index in [1.165, 1.54) is 11.9 Å². The molecule has 0 radical (unpaired) electrons. The number of carboxylic acid groups (broad SMARTS) is 1. The first-order chi connectivity index (χ1) is 16.4. The Kier molecular flexibility index (Phi) is 6.93. The third-order valence-corrected chi connectivity index (χ3v) is 6.93. The van der Waals surface area contributed by atoms with Gasteiger partial charge in [-0.3, -0.25) is 4.79 Å². The van der Waals surface area contributed by atoms with Crippen molar-refractivity contribution in [3.63, 3.8) is 0 Å². The molecule has 8 nitrogen and oxygen atoms in total. The van der Waals surface area contributed by atoms with Crippen molar-refractivity contribution in [1.82, 2.24) is 9.69 Å². The number of hydrogen-bond acceptors (Lipinski definition) is 6. The molecule has 9 heteroatoms. The highest BCUT2D eigenvalue weighted by Crippen LogP contribution is 2.44. The van der Waals surface area contributed by atoms with Crippen molar-refractivity contribution in [2.75, 3.05) is 25.1 Å². The number of rotatable bonds is 8. The number of alkyl carbamates (subject to hydrolysis) is 1. The molecule has 0 fully saturated rings. The second-order valence-corrected chi connectivity index (χ2v) is 8.81. The summed E-state index contributed by atoms with van der Waals surface area (Å²) in [7, 11) is 1.53. The Morgan fingerprint density at radius 1 is 1.09 bits per heavy atom. The number of carbonyl (C=O) groups excluding carboxylic acids is 2. The van der Waals surface area contributed by atoms with E-state index >= 15 is 0 Å². The van der Waals surface area contributed by atoms with Crippen molar-refractivity contribution in [3.05, 3.63) is 70.9 Å².